The fourth-order valence-corrected chi connectivity index (χ4v) is 2.07. The molecule has 0 bridgehead atoms. The van der Waals surface area contributed by atoms with E-state index < -0.39 is 0 Å². The molecular weight excluding hydrogens is 222 g/mol. The molecule has 0 N–H and O–H groups in total. The van der Waals surface area contributed by atoms with E-state index in [0.717, 1.165) is 16.5 Å². The van der Waals surface area contributed by atoms with Crippen LogP contribution in [-0.4, -0.2) is 4.57 Å². The highest BCUT2D eigenvalue weighted by Gasteiger charge is 2.01. The Labute approximate surface area is 105 Å². The van der Waals surface area contributed by atoms with E-state index in [1.54, 1.807) is 10.6 Å². The van der Waals surface area contributed by atoms with Crippen molar-refractivity contribution in [1.82, 2.24) is 4.57 Å². The molecule has 0 aliphatic carbocycles. The van der Waals surface area contributed by atoms with Crippen molar-refractivity contribution in [3.63, 3.8) is 0 Å². The summed E-state index contributed by atoms with van der Waals surface area (Å²) in [5.74, 6) is 0. The van der Waals surface area contributed by atoms with Gasteiger partial charge in [0, 0.05) is 18.0 Å². The van der Waals surface area contributed by atoms with Crippen LogP contribution in [0.4, 0.5) is 0 Å². The van der Waals surface area contributed by atoms with Crippen LogP contribution in [0.3, 0.4) is 0 Å². The third-order valence-corrected chi connectivity index (χ3v) is 3.09. The molecule has 2 heteroatoms. The molecule has 0 unspecified atom stereocenters. The first-order valence-electron chi connectivity index (χ1n) is 5.92. The molecule has 0 spiro atoms. The maximum absolute atomic E-state index is 12.1. The van der Waals surface area contributed by atoms with E-state index in [9.17, 15) is 4.79 Å². The summed E-state index contributed by atoms with van der Waals surface area (Å²) in [7, 11) is 0. The van der Waals surface area contributed by atoms with Gasteiger partial charge < -0.3 is 0 Å². The smallest absolute Gasteiger partial charge is 0.255 e. The molecule has 0 saturated heterocycles. The first-order valence-corrected chi connectivity index (χ1v) is 5.92. The van der Waals surface area contributed by atoms with Crippen molar-refractivity contribution in [2.45, 2.75) is 6.92 Å². The largest absolute Gasteiger partial charge is 0.284 e. The van der Waals surface area contributed by atoms with E-state index in [1.165, 1.54) is 5.56 Å². The van der Waals surface area contributed by atoms with Crippen molar-refractivity contribution in [3.05, 3.63) is 76.7 Å². The zero-order chi connectivity index (χ0) is 12.5. The van der Waals surface area contributed by atoms with Gasteiger partial charge in [-0.25, -0.2) is 0 Å². The summed E-state index contributed by atoms with van der Waals surface area (Å²) in [6, 6.07) is 17.5. The van der Waals surface area contributed by atoms with Crippen molar-refractivity contribution in [1.29, 1.82) is 0 Å². The molecule has 0 saturated carbocycles. The van der Waals surface area contributed by atoms with Crippen molar-refractivity contribution in [2.24, 2.45) is 0 Å². The Balaban J connectivity index is 2.26. The predicted molar refractivity (Wildman–Crippen MR) is 74.3 cm³/mol. The quantitative estimate of drug-likeness (QED) is 0.634. The molecule has 0 aliphatic heterocycles. The van der Waals surface area contributed by atoms with E-state index >= 15 is 0 Å². The normalized spacial score (nSPS) is 10.7. The number of aromatic nitrogens is 1. The van der Waals surface area contributed by atoms with Gasteiger partial charge in [-0.2, -0.15) is 0 Å². The van der Waals surface area contributed by atoms with Crippen molar-refractivity contribution < 1.29 is 0 Å². The Morgan fingerprint density at radius 1 is 0.889 bits per heavy atom. The maximum atomic E-state index is 12.1. The number of rotatable bonds is 1. The van der Waals surface area contributed by atoms with Crippen LogP contribution in [0.2, 0.25) is 0 Å². The van der Waals surface area contributed by atoms with E-state index in [2.05, 4.69) is 0 Å². The first kappa shape index (κ1) is 10.8. The molecule has 3 rings (SSSR count). The van der Waals surface area contributed by atoms with Crippen molar-refractivity contribution in [3.8, 4) is 5.69 Å². The molecule has 0 atom stereocenters. The topological polar surface area (TPSA) is 22.0 Å². The average molecular weight is 235 g/mol. The molecule has 3 aromatic rings. The van der Waals surface area contributed by atoms with Crippen LogP contribution in [0, 0.1) is 6.92 Å². The van der Waals surface area contributed by atoms with Crippen LogP contribution in [0.25, 0.3) is 16.5 Å². The highest BCUT2D eigenvalue weighted by Crippen LogP contribution is 2.13. The number of pyridine rings is 1. The zero-order valence-corrected chi connectivity index (χ0v) is 10.1. The van der Waals surface area contributed by atoms with Crippen LogP contribution >= 0.6 is 0 Å². The molecule has 2 aromatic carbocycles. The number of aryl methyl sites for hydroxylation is 1. The second kappa shape index (κ2) is 4.15. The van der Waals surface area contributed by atoms with Crippen LogP contribution < -0.4 is 5.56 Å². The van der Waals surface area contributed by atoms with E-state index in [1.807, 2.05) is 61.7 Å². The van der Waals surface area contributed by atoms with Gasteiger partial charge in [0.1, 0.15) is 0 Å². The standard InChI is InChI=1S/C16H13NO/c1-12-6-8-15(9-7-12)17-11-14-5-3-2-4-13(14)10-16(17)18/h2-11H,1H3. The van der Waals surface area contributed by atoms with Gasteiger partial charge in [-0.3, -0.25) is 9.36 Å². The van der Waals surface area contributed by atoms with Crippen molar-refractivity contribution in [2.75, 3.05) is 0 Å². The van der Waals surface area contributed by atoms with Crippen LogP contribution in [0.5, 0.6) is 0 Å². The second-order valence-corrected chi connectivity index (χ2v) is 4.45. The average Bonchev–Trinajstić information content (AvgIpc) is 2.39. The van der Waals surface area contributed by atoms with Gasteiger partial charge in [-0.1, -0.05) is 42.0 Å². The SMILES string of the molecule is Cc1ccc(-n2cc3ccccc3cc2=O)cc1. The number of hydrogen-bond acceptors (Lipinski definition) is 1. The Morgan fingerprint density at radius 2 is 1.56 bits per heavy atom. The predicted octanol–water partition coefficient (Wildman–Crippen LogP) is 3.30. The Morgan fingerprint density at radius 3 is 2.28 bits per heavy atom. The van der Waals surface area contributed by atoms with Crippen LogP contribution in [0.1, 0.15) is 5.56 Å². The number of fused-ring (bicyclic) bond motifs is 1. The molecule has 88 valence electrons. The molecular formula is C16H13NO. The van der Waals surface area contributed by atoms with Gasteiger partial charge in [-0.05, 0) is 29.8 Å². The van der Waals surface area contributed by atoms with Crippen molar-refractivity contribution >= 4 is 10.8 Å². The third-order valence-electron chi connectivity index (χ3n) is 3.09. The lowest BCUT2D eigenvalue weighted by molar-refractivity contribution is 1.00. The van der Waals surface area contributed by atoms with Gasteiger partial charge in [0.25, 0.3) is 5.56 Å². The van der Waals surface area contributed by atoms with Crippen LogP contribution in [0.15, 0.2) is 65.6 Å². The molecule has 1 heterocycles. The molecule has 0 radical (unpaired) electrons. The summed E-state index contributed by atoms with van der Waals surface area (Å²) in [4.78, 5) is 12.1. The minimum atomic E-state index is -0.00227. The molecule has 0 aliphatic rings. The summed E-state index contributed by atoms with van der Waals surface area (Å²) in [5.41, 5.74) is 2.08. The fraction of sp³-hybridized carbons (Fsp3) is 0.0625. The third kappa shape index (κ3) is 1.82. The number of benzene rings is 2. The fourth-order valence-electron chi connectivity index (χ4n) is 2.07. The summed E-state index contributed by atoms with van der Waals surface area (Å²) in [6.07, 6.45) is 1.89. The van der Waals surface area contributed by atoms with Gasteiger partial charge >= 0.3 is 0 Å². The Bertz CT molecular complexity index is 754. The summed E-state index contributed by atoms with van der Waals surface area (Å²) < 4.78 is 1.68. The summed E-state index contributed by atoms with van der Waals surface area (Å²) >= 11 is 0. The first-order chi connectivity index (χ1) is 8.74. The maximum Gasteiger partial charge on any atom is 0.255 e. The van der Waals surface area contributed by atoms with Crippen LogP contribution in [-0.2, 0) is 0 Å². The number of hydrogen-bond donors (Lipinski definition) is 0. The second-order valence-electron chi connectivity index (χ2n) is 4.45. The Kier molecular flexibility index (Phi) is 2.49. The lowest BCUT2D eigenvalue weighted by atomic mass is 10.1. The van der Waals surface area contributed by atoms with E-state index in [0.29, 0.717) is 0 Å². The van der Waals surface area contributed by atoms with E-state index in [4.69, 9.17) is 0 Å². The Hall–Kier alpha value is -2.35. The molecule has 0 amide bonds. The highest BCUT2D eigenvalue weighted by atomic mass is 16.1. The number of nitrogens with zero attached hydrogens (tertiary/aromatic N) is 1. The van der Waals surface area contributed by atoms with Gasteiger partial charge in [-0.15, -0.1) is 0 Å². The summed E-state index contributed by atoms with van der Waals surface area (Å²) in [6.45, 7) is 2.03. The monoisotopic (exact) mass is 235 g/mol. The molecule has 0 fully saturated rings. The highest BCUT2D eigenvalue weighted by molar-refractivity contribution is 5.81. The zero-order valence-electron chi connectivity index (χ0n) is 10.1. The van der Waals surface area contributed by atoms with Gasteiger partial charge in [0.2, 0.25) is 0 Å². The lowest BCUT2D eigenvalue weighted by Gasteiger charge is -2.07. The molecule has 1 aromatic heterocycles. The van der Waals surface area contributed by atoms with E-state index in [-0.39, 0.29) is 5.56 Å². The van der Waals surface area contributed by atoms with Gasteiger partial charge in [0.05, 0.1) is 0 Å². The molecule has 2 nitrogen and oxygen atoms in total. The minimum absolute atomic E-state index is 0.00227. The van der Waals surface area contributed by atoms with Gasteiger partial charge in [0.15, 0.2) is 0 Å². The summed E-state index contributed by atoms with van der Waals surface area (Å²) in [5, 5.41) is 2.04. The minimum Gasteiger partial charge on any atom is -0.284 e. The molecule has 18 heavy (non-hydrogen) atoms. The lowest BCUT2D eigenvalue weighted by Crippen LogP contribution is -2.16.